The number of nitrogens with one attached hydrogen (secondary N) is 2. The van der Waals surface area contributed by atoms with Crippen molar-refractivity contribution in [2.45, 2.75) is 19.9 Å². The average Bonchev–Trinajstić information content (AvgIpc) is 3.02. The van der Waals surface area contributed by atoms with Gasteiger partial charge in [-0.05, 0) is 19.1 Å². The summed E-state index contributed by atoms with van der Waals surface area (Å²) in [5, 5.41) is 6.82. The molecule has 3 aromatic heterocycles. The first kappa shape index (κ1) is 16.6. The summed E-state index contributed by atoms with van der Waals surface area (Å²) in [5.74, 6) is 0.223. The molecule has 1 amide bonds. The zero-order valence-corrected chi connectivity index (χ0v) is 14.0. The average molecular weight is 338 g/mol. The highest BCUT2D eigenvalue weighted by molar-refractivity contribution is 5.78. The van der Waals surface area contributed by atoms with Gasteiger partial charge < -0.3 is 10.3 Å². The van der Waals surface area contributed by atoms with Gasteiger partial charge in [0, 0.05) is 54.6 Å². The number of carbonyl (C=O) groups excluding carboxylic acids is 1. The van der Waals surface area contributed by atoms with Crippen LogP contribution >= 0.6 is 0 Å². The number of aromatic nitrogens is 5. The molecule has 128 valence electrons. The Balaban J connectivity index is 1.72. The molecule has 3 aromatic rings. The molecule has 8 nitrogen and oxygen atoms in total. The lowest BCUT2D eigenvalue weighted by Crippen LogP contribution is -2.28. The van der Waals surface area contributed by atoms with E-state index in [1.165, 1.54) is 0 Å². The molecule has 3 rings (SSSR count). The van der Waals surface area contributed by atoms with Crippen molar-refractivity contribution < 1.29 is 4.79 Å². The van der Waals surface area contributed by atoms with Gasteiger partial charge in [0.15, 0.2) is 0 Å². The Hall–Kier alpha value is -3.29. The first-order valence-corrected chi connectivity index (χ1v) is 7.77. The second-order valence-electron chi connectivity index (χ2n) is 5.69. The lowest BCUT2D eigenvalue weighted by Gasteiger charge is -2.08. The van der Waals surface area contributed by atoms with Crippen molar-refractivity contribution in [2.75, 3.05) is 0 Å². The van der Waals surface area contributed by atoms with Gasteiger partial charge >= 0.3 is 0 Å². The number of carbonyl (C=O) groups is 1. The van der Waals surface area contributed by atoms with Crippen LogP contribution in [0, 0.1) is 6.92 Å². The van der Waals surface area contributed by atoms with E-state index in [0.29, 0.717) is 23.6 Å². The molecule has 0 fully saturated rings. The summed E-state index contributed by atoms with van der Waals surface area (Å²) in [7, 11) is 1.81. The van der Waals surface area contributed by atoms with Crippen LogP contribution in [0.25, 0.3) is 11.4 Å². The van der Waals surface area contributed by atoms with E-state index >= 15 is 0 Å². The Morgan fingerprint density at radius 3 is 2.72 bits per heavy atom. The van der Waals surface area contributed by atoms with E-state index in [4.69, 9.17) is 0 Å². The smallest absolute Gasteiger partial charge is 0.255 e. The predicted molar refractivity (Wildman–Crippen MR) is 91.6 cm³/mol. The molecule has 0 unspecified atom stereocenters. The van der Waals surface area contributed by atoms with Crippen LogP contribution < -0.4 is 10.9 Å². The molecular formula is C17H18N6O2. The van der Waals surface area contributed by atoms with Gasteiger partial charge in [-0.2, -0.15) is 5.10 Å². The molecule has 3 heterocycles. The van der Waals surface area contributed by atoms with Crippen LogP contribution in [0.5, 0.6) is 0 Å². The maximum Gasteiger partial charge on any atom is 0.255 e. The Kier molecular flexibility index (Phi) is 4.69. The molecule has 0 bridgehead atoms. The number of hydrogen-bond donors (Lipinski definition) is 2. The number of aromatic amines is 1. The Morgan fingerprint density at radius 2 is 2.08 bits per heavy atom. The normalized spacial score (nSPS) is 10.6. The zero-order chi connectivity index (χ0) is 17.8. The fraction of sp³-hybridized carbons (Fsp3) is 0.235. The summed E-state index contributed by atoms with van der Waals surface area (Å²) in [6.07, 6.45) is 6.74. The van der Waals surface area contributed by atoms with Crippen molar-refractivity contribution in [3.63, 3.8) is 0 Å². The third kappa shape index (κ3) is 3.97. The zero-order valence-electron chi connectivity index (χ0n) is 14.0. The minimum absolute atomic E-state index is 0.0228. The second kappa shape index (κ2) is 7.08. The van der Waals surface area contributed by atoms with Gasteiger partial charge in [-0.3, -0.25) is 19.3 Å². The largest absolute Gasteiger partial charge is 0.352 e. The predicted octanol–water partition coefficient (Wildman–Crippen LogP) is 0.733. The topological polar surface area (TPSA) is 106 Å². The van der Waals surface area contributed by atoms with Crippen LogP contribution in [0.3, 0.4) is 0 Å². The second-order valence-corrected chi connectivity index (χ2v) is 5.69. The summed E-state index contributed by atoms with van der Waals surface area (Å²) in [4.78, 5) is 35.5. The van der Waals surface area contributed by atoms with Gasteiger partial charge in [-0.15, -0.1) is 0 Å². The summed E-state index contributed by atoms with van der Waals surface area (Å²) in [5.41, 5.74) is 2.25. The number of rotatable bonds is 5. The van der Waals surface area contributed by atoms with Crippen molar-refractivity contribution in [3.05, 3.63) is 64.1 Å². The first-order chi connectivity index (χ1) is 12.0. The van der Waals surface area contributed by atoms with Crippen molar-refractivity contribution in [2.24, 2.45) is 7.05 Å². The van der Waals surface area contributed by atoms with Gasteiger partial charge in [0.2, 0.25) is 5.91 Å². The van der Waals surface area contributed by atoms with Gasteiger partial charge in [0.25, 0.3) is 5.56 Å². The summed E-state index contributed by atoms with van der Waals surface area (Å²) in [6.45, 7) is 2.09. The van der Waals surface area contributed by atoms with Crippen LogP contribution in [0.4, 0.5) is 0 Å². The molecule has 0 atom stereocenters. The van der Waals surface area contributed by atoms with E-state index in [-0.39, 0.29) is 17.9 Å². The third-order valence-electron chi connectivity index (χ3n) is 3.76. The minimum atomic E-state index is -0.309. The molecule has 0 aliphatic heterocycles. The number of nitrogens with zero attached hydrogens (tertiary/aromatic N) is 4. The molecule has 0 saturated carbocycles. The Morgan fingerprint density at radius 1 is 1.32 bits per heavy atom. The van der Waals surface area contributed by atoms with Gasteiger partial charge in [0.05, 0.1) is 12.6 Å². The van der Waals surface area contributed by atoms with Gasteiger partial charge in [0.1, 0.15) is 5.82 Å². The molecule has 25 heavy (non-hydrogen) atoms. The number of H-pyrrole nitrogens is 1. The first-order valence-electron chi connectivity index (χ1n) is 7.77. The fourth-order valence-corrected chi connectivity index (χ4v) is 2.45. The molecule has 0 saturated heterocycles. The standard InChI is InChI=1S/C17H18N6O2/c1-11-14(7-15(24)19-8-12-9-20-23(2)10-12)17(25)22-16(21-11)13-3-5-18-6-4-13/h3-6,9-10H,7-8H2,1-2H3,(H,19,24)(H,21,22,25). The van der Waals surface area contributed by atoms with E-state index < -0.39 is 0 Å². The summed E-state index contributed by atoms with van der Waals surface area (Å²) in [6, 6.07) is 3.52. The van der Waals surface area contributed by atoms with E-state index in [1.54, 1.807) is 42.3 Å². The quantitative estimate of drug-likeness (QED) is 0.713. The highest BCUT2D eigenvalue weighted by Crippen LogP contribution is 2.13. The van der Waals surface area contributed by atoms with Crippen LogP contribution in [0.2, 0.25) is 0 Å². The van der Waals surface area contributed by atoms with Crippen LogP contribution in [-0.4, -0.2) is 30.6 Å². The lowest BCUT2D eigenvalue weighted by atomic mass is 10.1. The highest BCUT2D eigenvalue weighted by Gasteiger charge is 2.13. The number of pyridine rings is 1. The van der Waals surface area contributed by atoms with Crippen LogP contribution in [0.15, 0.2) is 41.7 Å². The molecule has 0 aromatic carbocycles. The Labute approximate surface area is 144 Å². The highest BCUT2D eigenvalue weighted by atomic mass is 16.2. The van der Waals surface area contributed by atoms with Crippen LogP contribution in [0.1, 0.15) is 16.8 Å². The monoisotopic (exact) mass is 338 g/mol. The molecule has 0 radical (unpaired) electrons. The molecular weight excluding hydrogens is 320 g/mol. The number of amides is 1. The van der Waals surface area contributed by atoms with Crippen molar-refractivity contribution >= 4 is 5.91 Å². The van der Waals surface area contributed by atoms with Crippen molar-refractivity contribution in [3.8, 4) is 11.4 Å². The van der Waals surface area contributed by atoms with Gasteiger partial charge in [-0.1, -0.05) is 0 Å². The maximum absolute atomic E-state index is 12.3. The van der Waals surface area contributed by atoms with Crippen molar-refractivity contribution in [1.29, 1.82) is 0 Å². The van der Waals surface area contributed by atoms with Gasteiger partial charge in [-0.25, -0.2) is 4.98 Å². The number of hydrogen-bond acceptors (Lipinski definition) is 5. The third-order valence-corrected chi connectivity index (χ3v) is 3.76. The summed E-state index contributed by atoms with van der Waals surface area (Å²) >= 11 is 0. The van der Waals surface area contributed by atoms with E-state index in [2.05, 4.69) is 25.4 Å². The molecule has 2 N–H and O–H groups in total. The lowest BCUT2D eigenvalue weighted by molar-refractivity contribution is -0.120. The van der Waals surface area contributed by atoms with E-state index in [1.807, 2.05) is 13.2 Å². The molecule has 8 heteroatoms. The molecule has 0 aliphatic carbocycles. The SMILES string of the molecule is Cc1nc(-c2ccncc2)[nH]c(=O)c1CC(=O)NCc1cnn(C)c1. The molecule has 0 aliphatic rings. The minimum Gasteiger partial charge on any atom is -0.352 e. The van der Waals surface area contributed by atoms with Crippen LogP contribution in [-0.2, 0) is 24.8 Å². The van der Waals surface area contributed by atoms with E-state index in [0.717, 1.165) is 11.1 Å². The Bertz CT molecular complexity index is 945. The molecule has 0 spiro atoms. The maximum atomic E-state index is 12.3. The fourth-order valence-electron chi connectivity index (χ4n) is 2.45. The summed E-state index contributed by atoms with van der Waals surface area (Å²) < 4.78 is 1.66. The van der Waals surface area contributed by atoms with E-state index in [9.17, 15) is 9.59 Å². The van der Waals surface area contributed by atoms with Crippen molar-refractivity contribution in [1.82, 2.24) is 30.0 Å². The number of aryl methyl sites for hydroxylation is 2.